The van der Waals surface area contributed by atoms with Gasteiger partial charge in [0.2, 0.25) is 0 Å². The van der Waals surface area contributed by atoms with E-state index in [9.17, 15) is 4.79 Å². The van der Waals surface area contributed by atoms with Crippen LogP contribution < -0.4 is 16.0 Å². The maximum atomic E-state index is 11.6. The molecule has 92 valence electrons. The third kappa shape index (κ3) is 3.35. The third-order valence-electron chi connectivity index (χ3n) is 3.44. The lowest BCUT2D eigenvalue weighted by Crippen LogP contribution is -2.44. The topological polar surface area (TPSA) is 56.4 Å². The number of carbonyl (C=O) groups is 1. The van der Waals surface area contributed by atoms with Crippen LogP contribution in [0.3, 0.4) is 0 Å². The van der Waals surface area contributed by atoms with Crippen molar-refractivity contribution >= 4 is 6.03 Å². The smallest absolute Gasteiger partial charge is 0.315 e. The van der Waals surface area contributed by atoms with Gasteiger partial charge in [-0.15, -0.1) is 0 Å². The van der Waals surface area contributed by atoms with Crippen LogP contribution in [0.5, 0.6) is 0 Å². The first-order chi connectivity index (χ1) is 7.74. The summed E-state index contributed by atoms with van der Waals surface area (Å²) in [5.74, 6) is 0.608. The van der Waals surface area contributed by atoms with Crippen LogP contribution in [-0.4, -0.2) is 56.7 Å². The molecule has 2 aliphatic heterocycles. The summed E-state index contributed by atoms with van der Waals surface area (Å²) < 4.78 is 0. The molecule has 2 unspecified atom stereocenters. The van der Waals surface area contributed by atoms with E-state index >= 15 is 0 Å². The molecule has 2 saturated heterocycles. The Balaban J connectivity index is 1.60. The highest BCUT2D eigenvalue weighted by Gasteiger charge is 2.21. The van der Waals surface area contributed by atoms with Crippen LogP contribution in [0, 0.1) is 5.92 Å². The number of likely N-dealkylation sites (N-methyl/N-ethyl adjacent to an activating group) is 1. The highest BCUT2D eigenvalue weighted by atomic mass is 16.2. The predicted octanol–water partition coefficient (Wildman–Crippen LogP) is -0.401. The standard InChI is InChI=1S/C11H22N4O/c1-15-5-3-10(8-15)14-11(16)13-7-9-2-4-12-6-9/h9-10,12H,2-8H2,1H3,(H2,13,14,16). The van der Waals surface area contributed by atoms with Crippen molar-refractivity contribution in [1.29, 1.82) is 0 Å². The van der Waals surface area contributed by atoms with Gasteiger partial charge >= 0.3 is 6.03 Å². The number of nitrogens with zero attached hydrogens (tertiary/aromatic N) is 1. The molecule has 0 aromatic rings. The molecule has 2 rings (SSSR count). The summed E-state index contributed by atoms with van der Waals surface area (Å²) in [6, 6.07) is 0.318. The van der Waals surface area contributed by atoms with Crippen molar-refractivity contribution in [2.45, 2.75) is 18.9 Å². The van der Waals surface area contributed by atoms with Crippen LogP contribution in [0.4, 0.5) is 4.79 Å². The van der Waals surface area contributed by atoms with Crippen molar-refractivity contribution in [3.63, 3.8) is 0 Å². The molecule has 2 atom stereocenters. The number of hydrogen-bond donors (Lipinski definition) is 3. The number of likely N-dealkylation sites (tertiary alicyclic amines) is 1. The maximum absolute atomic E-state index is 11.6. The molecule has 0 spiro atoms. The van der Waals surface area contributed by atoms with Gasteiger partial charge < -0.3 is 20.9 Å². The summed E-state index contributed by atoms with van der Waals surface area (Å²) in [6.45, 7) is 4.96. The number of rotatable bonds is 3. The van der Waals surface area contributed by atoms with Gasteiger partial charge in [0, 0.05) is 19.1 Å². The Kier molecular flexibility index (Phi) is 4.01. The van der Waals surface area contributed by atoms with E-state index in [2.05, 4.69) is 27.9 Å². The Hall–Kier alpha value is -0.810. The van der Waals surface area contributed by atoms with E-state index in [4.69, 9.17) is 0 Å². The molecule has 2 fully saturated rings. The molecule has 0 radical (unpaired) electrons. The molecule has 16 heavy (non-hydrogen) atoms. The molecular weight excluding hydrogens is 204 g/mol. The van der Waals surface area contributed by atoms with Gasteiger partial charge in [-0.1, -0.05) is 0 Å². The average molecular weight is 226 g/mol. The van der Waals surface area contributed by atoms with Crippen LogP contribution in [0.25, 0.3) is 0 Å². The fraction of sp³-hybridized carbons (Fsp3) is 0.909. The summed E-state index contributed by atoms with van der Waals surface area (Å²) >= 11 is 0. The fourth-order valence-corrected chi connectivity index (χ4v) is 2.41. The zero-order chi connectivity index (χ0) is 11.4. The number of carbonyl (C=O) groups excluding carboxylic acids is 1. The van der Waals surface area contributed by atoms with E-state index in [-0.39, 0.29) is 6.03 Å². The number of amides is 2. The SMILES string of the molecule is CN1CCC(NC(=O)NCC2CCNC2)C1. The summed E-state index contributed by atoms with van der Waals surface area (Å²) in [4.78, 5) is 13.8. The summed E-state index contributed by atoms with van der Waals surface area (Å²) in [5.41, 5.74) is 0. The number of nitrogens with one attached hydrogen (secondary N) is 3. The second-order valence-corrected chi connectivity index (χ2v) is 4.96. The van der Waals surface area contributed by atoms with Crippen LogP contribution >= 0.6 is 0 Å². The number of urea groups is 1. The molecule has 2 amide bonds. The molecule has 0 aromatic heterocycles. The zero-order valence-corrected chi connectivity index (χ0v) is 9.96. The van der Waals surface area contributed by atoms with Crippen LogP contribution in [0.15, 0.2) is 0 Å². The summed E-state index contributed by atoms with van der Waals surface area (Å²) in [6.07, 6.45) is 2.24. The molecular formula is C11H22N4O. The van der Waals surface area contributed by atoms with E-state index in [1.54, 1.807) is 0 Å². The quantitative estimate of drug-likeness (QED) is 0.614. The molecule has 0 aromatic carbocycles. The Bertz CT molecular complexity index is 240. The van der Waals surface area contributed by atoms with E-state index in [1.165, 1.54) is 6.42 Å². The van der Waals surface area contributed by atoms with Crippen molar-refractivity contribution in [1.82, 2.24) is 20.9 Å². The Morgan fingerprint density at radius 3 is 3.00 bits per heavy atom. The van der Waals surface area contributed by atoms with Crippen LogP contribution in [0.1, 0.15) is 12.8 Å². The minimum absolute atomic E-state index is 0.00722. The molecule has 2 heterocycles. The molecule has 2 aliphatic rings. The number of hydrogen-bond acceptors (Lipinski definition) is 3. The highest BCUT2D eigenvalue weighted by Crippen LogP contribution is 2.07. The van der Waals surface area contributed by atoms with Crippen molar-refractivity contribution in [2.24, 2.45) is 5.92 Å². The second kappa shape index (κ2) is 5.50. The van der Waals surface area contributed by atoms with E-state index < -0.39 is 0 Å². The highest BCUT2D eigenvalue weighted by molar-refractivity contribution is 5.74. The lowest BCUT2D eigenvalue weighted by molar-refractivity contribution is 0.235. The van der Waals surface area contributed by atoms with Gasteiger partial charge in [0.05, 0.1) is 0 Å². The molecule has 0 bridgehead atoms. The molecule has 5 nitrogen and oxygen atoms in total. The summed E-state index contributed by atoms with van der Waals surface area (Å²) in [5, 5.41) is 9.28. The lowest BCUT2D eigenvalue weighted by atomic mass is 10.1. The molecule has 0 saturated carbocycles. The Morgan fingerprint density at radius 1 is 1.50 bits per heavy atom. The first-order valence-electron chi connectivity index (χ1n) is 6.17. The van der Waals surface area contributed by atoms with Gasteiger partial charge in [0.25, 0.3) is 0 Å². The third-order valence-corrected chi connectivity index (χ3v) is 3.44. The van der Waals surface area contributed by atoms with Gasteiger partial charge in [-0.05, 0) is 45.4 Å². The van der Waals surface area contributed by atoms with E-state index in [1.807, 2.05) is 0 Å². The van der Waals surface area contributed by atoms with Gasteiger partial charge in [-0.2, -0.15) is 0 Å². The minimum Gasteiger partial charge on any atom is -0.338 e. The van der Waals surface area contributed by atoms with Gasteiger partial charge in [0.1, 0.15) is 0 Å². The Labute approximate surface area is 96.9 Å². The van der Waals surface area contributed by atoms with Crippen molar-refractivity contribution in [3.05, 3.63) is 0 Å². The maximum Gasteiger partial charge on any atom is 0.315 e. The first kappa shape index (κ1) is 11.7. The monoisotopic (exact) mass is 226 g/mol. The largest absolute Gasteiger partial charge is 0.338 e. The van der Waals surface area contributed by atoms with Crippen molar-refractivity contribution < 1.29 is 4.79 Å². The van der Waals surface area contributed by atoms with Crippen LogP contribution in [0.2, 0.25) is 0 Å². The minimum atomic E-state index is -0.00722. The Morgan fingerprint density at radius 2 is 2.38 bits per heavy atom. The van der Waals surface area contributed by atoms with Gasteiger partial charge in [0.15, 0.2) is 0 Å². The summed E-state index contributed by atoms with van der Waals surface area (Å²) in [7, 11) is 2.09. The second-order valence-electron chi connectivity index (χ2n) is 4.96. The molecule has 3 N–H and O–H groups in total. The predicted molar refractivity (Wildman–Crippen MR) is 63.4 cm³/mol. The fourth-order valence-electron chi connectivity index (χ4n) is 2.41. The van der Waals surface area contributed by atoms with E-state index in [0.29, 0.717) is 12.0 Å². The molecule has 0 aliphatic carbocycles. The van der Waals surface area contributed by atoms with Crippen LogP contribution in [-0.2, 0) is 0 Å². The molecule has 5 heteroatoms. The van der Waals surface area contributed by atoms with E-state index in [0.717, 1.165) is 39.1 Å². The average Bonchev–Trinajstić information content (AvgIpc) is 2.87. The normalized spacial score (nSPS) is 30.6. The van der Waals surface area contributed by atoms with Crippen molar-refractivity contribution in [3.8, 4) is 0 Å². The zero-order valence-electron chi connectivity index (χ0n) is 9.96. The van der Waals surface area contributed by atoms with Gasteiger partial charge in [-0.3, -0.25) is 0 Å². The van der Waals surface area contributed by atoms with Crippen molar-refractivity contribution in [2.75, 3.05) is 39.8 Å². The first-order valence-corrected chi connectivity index (χ1v) is 6.17. The van der Waals surface area contributed by atoms with Gasteiger partial charge in [-0.25, -0.2) is 4.79 Å². The lowest BCUT2D eigenvalue weighted by Gasteiger charge is -2.15.